The molecule has 0 bridgehead atoms. The molecule has 102 valence electrons. The molecule has 0 amide bonds. The molecule has 2 aromatic rings. The number of carbonyl (C=O) groups excluding carboxylic acids is 1. The first-order valence-corrected chi connectivity index (χ1v) is 6.33. The first-order valence-electron chi connectivity index (χ1n) is 6.33. The zero-order valence-electron chi connectivity index (χ0n) is 11.2. The fraction of sp³-hybridized carbons (Fsp3) is 0.118. The molecule has 0 aromatic heterocycles. The molecule has 0 fully saturated rings. The van der Waals surface area contributed by atoms with Crippen LogP contribution in [0.3, 0.4) is 0 Å². The second kappa shape index (κ2) is 6.57. The third-order valence-electron chi connectivity index (χ3n) is 2.84. The van der Waals surface area contributed by atoms with Crippen LogP contribution in [0.1, 0.15) is 16.7 Å². The van der Waals surface area contributed by atoms with Crippen molar-refractivity contribution in [2.24, 2.45) is 0 Å². The summed E-state index contributed by atoms with van der Waals surface area (Å²) in [7, 11) is 0. The maximum Gasteiger partial charge on any atom is 0.331 e. The van der Waals surface area contributed by atoms with Gasteiger partial charge in [0.1, 0.15) is 12.4 Å². The zero-order valence-corrected chi connectivity index (χ0v) is 11.2. The highest BCUT2D eigenvalue weighted by Gasteiger charge is 2.00. The molecule has 0 saturated carbocycles. The van der Waals surface area contributed by atoms with Gasteiger partial charge in [-0.1, -0.05) is 48.0 Å². The molecule has 2 rings (SSSR count). The minimum atomic E-state index is -0.436. The van der Waals surface area contributed by atoms with E-state index < -0.39 is 5.97 Å². The lowest BCUT2D eigenvalue weighted by Crippen LogP contribution is -2.00. The molecule has 0 aliphatic carbocycles. The number of hydrogen-bond donors (Lipinski definition) is 1. The molecule has 0 aliphatic rings. The Balaban J connectivity index is 1.90. The molecule has 0 spiro atoms. The number of para-hydroxylation sites is 1. The van der Waals surface area contributed by atoms with E-state index in [1.807, 2.05) is 31.2 Å². The predicted molar refractivity (Wildman–Crippen MR) is 78.1 cm³/mol. The van der Waals surface area contributed by atoms with Crippen molar-refractivity contribution in [2.75, 3.05) is 0 Å². The SMILES string of the molecule is Cc1ccc(COC(=O)/C=C/c2ccccc2O)cc1. The second-order valence-corrected chi connectivity index (χ2v) is 4.49. The Kier molecular flexibility index (Phi) is 4.56. The van der Waals surface area contributed by atoms with Crippen molar-refractivity contribution in [1.29, 1.82) is 0 Å². The third-order valence-corrected chi connectivity index (χ3v) is 2.84. The Hall–Kier alpha value is -2.55. The number of carbonyl (C=O) groups is 1. The molecule has 0 aliphatic heterocycles. The van der Waals surface area contributed by atoms with E-state index in [-0.39, 0.29) is 12.4 Å². The second-order valence-electron chi connectivity index (χ2n) is 4.49. The molecule has 3 heteroatoms. The number of ether oxygens (including phenoxy) is 1. The van der Waals surface area contributed by atoms with Gasteiger partial charge in [0.2, 0.25) is 0 Å². The van der Waals surface area contributed by atoms with Crippen molar-refractivity contribution in [1.82, 2.24) is 0 Å². The minimum Gasteiger partial charge on any atom is -0.507 e. The number of hydrogen-bond acceptors (Lipinski definition) is 3. The van der Waals surface area contributed by atoms with Crippen LogP contribution in [0.5, 0.6) is 5.75 Å². The highest BCUT2D eigenvalue weighted by atomic mass is 16.5. The van der Waals surface area contributed by atoms with Gasteiger partial charge in [0, 0.05) is 11.6 Å². The van der Waals surface area contributed by atoms with Crippen LogP contribution in [0, 0.1) is 6.92 Å². The number of aryl methyl sites for hydroxylation is 1. The van der Waals surface area contributed by atoms with E-state index in [1.54, 1.807) is 24.3 Å². The molecule has 0 unspecified atom stereocenters. The summed E-state index contributed by atoms with van der Waals surface area (Å²) in [6.07, 6.45) is 2.84. The van der Waals surface area contributed by atoms with Crippen LogP contribution in [0.15, 0.2) is 54.6 Å². The van der Waals surface area contributed by atoms with Gasteiger partial charge < -0.3 is 9.84 Å². The maximum atomic E-state index is 11.6. The van der Waals surface area contributed by atoms with E-state index in [4.69, 9.17) is 4.74 Å². The van der Waals surface area contributed by atoms with Gasteiger partial charge in [-0.2, -0.15) is 0 Å². The van der Waals surface area contributed by atoms with Crippen LogP contribution in [-0.4, -0.2) is 11.1 Å². The maximum absolute atomic E-state index is 11.6. The Morgan fingerprint density at radius 3 is 2.55 bits per heavy atom. The average Bonchev–Trinajstić information content (AvgIpc) is 2.46. The third kappa shape index (κ3) is 3.99. The van der Waals surface area contributed by atoms with Crippen molar-refractivity contribution in [3.63, 3.8) is 0 Å². The lowest BCUT2D eigenvalue weighted by Gasteiger charge is -2.03. The number of phenols is 1. The van der Waals surface area contributed by atoms with E-state index in [0.29, 0.717) is 5.56 Å². The quantitative estimate of drug-likeness (QED) is 0.682. The molecule has 20 heavy (non-hydrogen) atoms. The fourth-order valence-corrected chi connectivity index (χ4v) is 1.67. The van der Waals surface area contributed by atoms with E-state index >= 15 is 0 Å². The van der Waals surface area contributed by atoms with Gasteiger partial charge in [0.15, 0.2) is 0 Å². The topological polar surface area (TPSA) is 46.5 Å². The highest BCUT2D eigenvalue weighted by molar-refractivity contribution is 5.87. The molecule has 0 atom stereocenters. The zero-order chi connectivity index (χ0) is 14.4. The lowest BCUT2D eigenvalue weighted by molar-refractivity contribution is -0.138. The summed E-state index contributed by atoms with van der Waals surface area (Å²) < 4.78 is 5.12. The summed E-state index contributed by atoms with van der Waals surface area (Å²) in [6, 6.07) is 14.6. The number of aromatic hydroxyl groups is 1. The number of phenolic OH excluding ortho intramolecular Hbond substituents is 1. The summed E-state index contributed by atoms with van der Waals surface area (Å²) in [5, 5.41) is 9.55. The van der Waals surface area contributed by atoms with E-state index in [1.165, 1.54) is 17.7 Å². The van der Waals surface area contributed by atoms with Crippen molar-refractivity contribution in [3.8, 4) is 5.75 Å². The standard InChI is InChI=1S/C17H16O3/c1-13-6-8-14(9-7-13)12-20-17(19)11-10-15-4-2-3-5-16(15)18/h2-11,18H,12H2,1H3/b11-10+. The van der Waals surface area contributed by atoms with Crippen LogP contribution in [0.2, 0.25) is 0 Å². The summed E-state index contributed by atoms with van der Waals surface area (Å²) in [4.78, 5) is 11.6. The Morgan fingerprint density at radius 1 is 1.15 bits per heavy atom. The van der Waals surface area contributed by atoms with Crippen LogP contribution in [-0.2, 0) is 16.1 Å². The van der Waals surface area contributed by atoms with Crippen LogP contribution in [0.25, 0.3) is 6.08 Å². The molecule has 2 aromatic carbocycles. The van der Waals surface area contributed by atoms with Crippen molar-refractivity contribution < 1.29 is 14.6 Å². The van der Waals surface area contributed by atoms with E-state index in [9.17, 15) is 9.90 Å². The van der Waals surface area contributed by atoms with Gasteiger partial charge in [0.25, 0.3) is 0 Å². The molecule has 1 N–H and O–H groups in total. The Bertz CT molecular complexity index is 612. The van der Waals surface area contributed by atoms with Gasteiger partial charge in [0.05, 0.1) is 0 Å². The van der Waals surface area contributed by atoms with Crippen LogP contribution in [0.4, 0.5) is 0 Å². The van der Waals surface area contributed by atoms with E-state index in [2.05, 4.69) is 0 Å². The monoisotopic (exact) mass is 268 g/mol. The van der Waals surface area contributed by atoms with E-state index in [0.717, 1.165) is 5.56 Å². The Morgan fingerprint density at radius 2 is 1.85 bits per heavy atom. The highest BCUT2D eigenvalue weighted by Crippen LogP contribution is 2.17. The number of esters is 1. The molecular weight excluding hydrogens is 252 g/mol. The molecular formula is C17H16O3. The smallest absolute Gasteiger partial charge is 0.331 e. The minimum absolute atomic E-state index is 0.134. The van der Waals surface area contributed by atoms with Gasteiger partial charge in [-0.15, -0.1) is 0 Å². The fourth-order valence-electron chi connectivity index (χ4n) is 1.67. The first kappa shape index (κ1) is 13.9. The largest absolute Gasteiger partial charge is 0.507 e. The van der Waals surface area contributed by atoms with Crippen molar-refractivity contribution in [2.45, 2.75) is 13.5 Å². The molecule has 0 radical (unpaired) electrons. The number of rotatable bonds is 4. The first-order chi connectivity index (χ1) is 9.65. The molecule has 3 nitrogen and oxygen atoms in total. The van der Waals surface area contributed by atoms with Gasteiger partial charge in [-0.3, -0.25) is 0 Å². The predicted octanol–water partition coefficient (Wildman–Crippen LogP) is 3.46. The molecule has 0 heterocycles. The van der Waals surface area contributed by atoms with Crippen molar-refractivity contribution >= 4 is 12.0 Å². The van der Waals surface area contributed by atoms with Crippen LogP contribution < -0.4 is 0 Å². The van der Waals surface area contributed by atoms with Gasteiger partial charge >= 0.3 is 5.97 Å². The van der Waals surface area contributed by atoms with Gasteiger partial charge in [-0.05, 0) is 24.6 Å². The number of benzene rings is 2. The summed E-state index contributed by atoms with van der Waals surface area (Å²) in [5.41, 5.74) is 2.69. The van der Waals surface area contributed by atoms with Crippen LogP contribution >= 0.6 is 0 Å². The average molecular weight is 268 g/mol. The van der Waals surface area contributed by atoms with Gasteiger partial charge in [-0.25, -0.2) is 4.79 Å². The summed E-state index contributed by atoms with van der Waals surface area (Å²) in [6.45, 7) is 2.25. The molecule has 0 saturated heterocycles. The lowest BCUT2D eigenvalue weighted by atomic mass is 10.2. The summed E-state index contributed by atoms with van der Waals surface area (Å²) >= 11 is 0. The normalized spacial score (nSPS) is 10.7. The van der Waals surface area contributed by atoms with Crippen molar-refractivity contribution in [3.05, 3.63) is 71.3 Å². The Labute approximate surface area is 118 Å². The summed E-state index contributed by atoms with van der Waals surface area (Å²) in [5.74, 6) is -0.302.